The molecule has 1 aromatic rings. The highest BCUT2D eigenvalue weighted by Crippen LogP contribution is 2.22. The van der Waals surface area contributed by atoms with E-state index in [1.54, 1.807) is 24.1 Å². The molecule has 0 bridgehead atoms. The van der Waals surface area contributed by atoms with Crippen molar-refractivity contribution in [1.82, 2.24) is 10.2 Å². The molecule has 0 aliphatic carbocycles. The number of nitrogens with zero attached hydrogens (tertiary/aromatic N) is 1. The van der Waals surface area contributed by atoms with Crippen LogP contribution in [0.1, 0.15) is 10.4 Å². The van der Waals surface area contributed by atoms with Gasteiger partial charge in [0, 0.05) is 25.7 Å². The molecule has 108 valence electrons. The van der Waals surface area contributed by atoms with E-state index in [2.05, 4.69) is 5.32 Å². The molecule has 1 fully saturated rings. The zero-order valence-electron chi connectivity index (χ0n) is 10.9. The third kappa shape index (κ3) is 3.62. The Kier molecular flexibility index (Phi) is 4.86. The standard InChI is InChI=1S/C13H14Cl2N2O3/c1-17-6-9(20-7-12(17)18)5-16-13(19)8-2-3-10(14)11(15)4-8/h2-4,9H,5-7H2,1H3,(H,16,19). The molecule has 7 heteroatoms. The Labute approximate surface area is 126 Å². The lowest BCUT2D eigenvalue weighted by Crippen LogP contribution is -2.48. The van der Waals surface area contributed by atoms with E-state index < -0.39 is 0 Å². The molecule has 20 heavy (non-hydrogen) atoms. The minimum Gasteiger partial charge on any atom is -0.365 e. The van der Waals surface area contributed by atoms with Crippen molar-refractivity contribution in [2.24, 2.45) is 0 Å². The second kappa shape index (κ2) is 6.43. The smallest absolute Gasteiger partial charge is 0.251 e. The molecule has 1 aromatic carbocycles. The van der Waals surface area contributed by atoms with Gasteiger partial charge in [-0.15, -0.1) is 0 Å². The number of morpholine rings is 1. The van der Waals surface area contributed by atoms with Gasteiger partial charge in [0.25, 0.3) is 5.91 Å². The summed E-state index contributed by atoms with van der Waals surface area (Å²) < 4.78 is 5.34. The molecule has 2 rings (SSSR count). The largest absolute Gasteiger partial charge is 0.365 e. The molecule has 0 radical (unpaired) electrons. The van der Waals surface area contributed by atoms with Crippen molar-refractivity contribution in [3.05, 3.63) is 33.8 Å². The van der Waals surface area contributed by atoms with Crippen LogP contribution in [0.25, 0.3) is 0 Å². The summed E-state index contributed by atoms with van der Waals surface area (Å²) >= 11 is 11.7. The number of hydrogen-bond donors (Lipinski definition) is 1. The van der Waals surface area contributed by atoms with Gasteiger partial charge in [-0.25, -0.2) is 0 Å². The quantitative estimate of drug-likeness (QED) is 0.921. The normalized spacial score (nSPS) is 19.1. The number of rotatable bonds is 3. The molecule has 1 aliphatic rings. The minimum absolute atomic E-state index is 0.0454. The zero-order valence-corrected chi connectivity index (χ0v) is 12.4. The number of ether oxygens (including phenoxy) is 1. The van der Waals surface area contributed by atoms with E-state index in [0.717, 1.165) is 0 Å². The van der Waals surface area contributed by atoms with E-state index in [9.17, 15) is 9.59 Å². The number of amides is 2. The van der Waals surface area contributed by atoms with Crippen LogP contribution < -0.4 is 5.32 Å². The van der Waals surface area contributed by atoms with Crippen LogP contribution in [0.15, 0.2) is 18.2 Å². The van der Waals surface area contributed by atoms with E-state index in [0.29, 0.717) is 28.7 Å². The summed E-state index contributed by atoms with van der Waals surface area (Å²) in [4.78, 5) is 24.8. The van der Waals surface area contributed by atoms with Gasteiger partial charge in [-0.3, -0.25) is 9.59 Å². The van der Waals surface area contributed by atoms with E-state index in [1.807, 2.05) is 0 Å². The second-order valence-corrected chi connectivity index (χ2v) is 5.36. The fourth-order valence-corrected chi connectivity index (χ4v) is 2.13. The molecular formula is C13H14Cl2N2O3. The van der Waals surface area contributed by atoms with E-state index in [1.165, 1.54) is 6.07 Å². The van der Waals surface area contributed by atoms with Crippen LogP contribution in [0.2, 0.25) is 10.0 Å². The summed E-state index contributed by atoms with van der Waals surface area (Å²) in [6.45, 7) is 0.834. The van der Waals surface area contributed by atoms with Gasteiger partial charge in [-0.2, -0.15) is 0 Å². The topological polar surface area (TPSA) is 58.6 Å². The summed E-state index contributed by atoms with van der Waals surface area (Å²) in [6.07, 6.45) is -0.204. The van der Waals surface area contributed by atoms with Crippen LogP contribution in [-0.4, -0.2) is 49.6 Å². The van der Waals surface area contributed by atoms with Crippen LogP contribution >= 0.6 is 23.2 Å². The Hall–Kier alpha value is -1.30. The number of hydrogen-bond acceptors (Lipinski definition) is 3. The molecule has 1 N–H and O–H groups in total. The predicted octanol–water partition coefficient (Wildman–Crippen LogP) is 1.58. The molecule has 1 heterocycles. The van der Waals surface area contributed by atoms with Crippen molar-refractivity contribution in [1.29, 1.82) is 0 Å². The van der Waals surface area contributed by atoms with Crippen LogP contribution in [-0.2, 0) is 9.53 Å². The number of carbonyl (C=O) groups excluding carboxylic acids is 2. The van der Waals surface area contributed by atoms with Crippen molar-refractivity contribution in [2.75, 3.05) is 26.7 Å². The van der Waals surface area contributed by atoms with E-state index in [-0.39, 0.29) is 24.5 Å². The molecule has 5 nitrogen and oxygen atoms in total. The van der Waals surface area contributed by atoms with Gasteiger partial charge < -0.3 is 15.0 Å². The van der Waals surface area contributed by atoms with Crippen LogP contribution in [0.3, 0.4) is 0 Å². The van der Waals surface area contributed by atoms with Gasteiger partial charge in [0.1, 0.15) is 6.61 Å². The zero-order chi connectivity index (χ0) is 14.7. The number of halogens is 2. The van der Waals surface area contributed by atoms with E-state index >= 15 is 0 Å². The van der Waals surface area contributed by atoms with Crippen molar-refractivity contribution in [2.45, 2.75) is 6.10 Å². The van der Waals surface area contributed by atoms with Crippen molar-refractivity contribution < 1.29 is 14.3 Å². The Morgan fingerprint density at radius 2 is 2.20 bits per heavy atom. The number of benzene rings is 1. The summed E-state index contributed by atoms with van der Waals surface area (Å²) in [5, 5.41) is 3.48. The predicted molar refractivity (Wildman–Crippen MR) is 76.2 cm³/mol. The lowest BCUT2D eigenvalue weighted by Gasteiger charge is -2.29. The highest BCUT2D eigenvalue weighted by Gasteiger charge is 2.23. The Morgan fingerprint density at radius 1 is 1.45 bits per heavy atom. The lowest BCUT2D eigenvalue weighted by molar-refractivity contribution is -0.146. The van der Waals surface area contributed by atoms with Gasteiger partial charge in [0.05, 0.1) is 16.1 Å². The maximum atomic E-state index is 11.9. The maximum Gasteiger partial charge on any atom is 0.251 e. The minimum atomic E-state index is -0.258. The Bertz CT molecular complexity index is 536. The highest BCUT2D eigenvalue weighted by molar-refractivity contribution is 6.42. The number of likely N-dealkylation sites (N-methyl/N-ethyl adjacent to an activating group) is 1. The average molecular weight is 317 g/mol. The molecule has 2 amide bonds. The van der Waals surface area contributed by atoms with Gasteiger partial charge in [0.2, 0.25) is 5.91 Å². The Balaban J connectivity index is 1.89. The molecular weight excluding hydrogens is 303 g/mol. The van der Waals surface area contributed by atoms with Crippen molar-refractivity contribution >= 4 is 35.0 Å². The van der Waals surface area contributed by atoms with Crippen LogP contribution in [0.4, 0.5) is 0 Å². The van der Waals surface area contributed by atoms with E-state index in [4.69, 9.17) is 27.9 Å². The molecule has 1 saturated heterocycles. The van der Waals surface area contributed by atoms with Gasteiger partial charge in [-0.1, -0.05) is 23.2 Å². The summed E-state index contributed by atoms with van der Waals surface area (Å²) in [6, 6.07) is 4.68. The van der Waals surface area contributed by atoms with Gasteiger partial charge in [-0.05, 0) is 18.2 Å². The fourth-order valence-electron chi connectivity index (χ4n) is 1.83. The van der Waals surface area contributed by atoms with Gasteiger partial charge >= 0.3 is 0 Å². The Morgan fingerprint density at radius 3 is 2.85 bits per heavy atom. The number of nitrogens with one attached hydrogen (secondary N) is 1. The molecule has 0 saturated carbocycles. The fraction of sp³-hybridized carbons (Fsp3) is 0.385. The van der Waals surface area contributed by atoms with Crippen LogP contribution in [0.5, 0.6) is 0 Å². The number of carbonyl (C=O) groups is 2. The second-order valence-electron chi connectivity index (χ2n) is 4.55. The molecule has 1 atom stereocenters. The third-order valence-electron chi connectivity index (χ3n) is 3.02. The third-order valence-corrected chi connectivity index (χ3v) is 3.76. The molecule has 1 unspecified atom stereocenters. The first-order chi connectivity index (χ1) is 9.47. The first-order valence-electron chi connectivity index (χ1n) is 6.06. The molecule has 1 aliphatic heterocycles. The summed E-state index contributed by atoms with van der Waals surface area (Å²) in [5.41, 5.74) is 0.430. The van der Waals surface area contributed by atoms with Crippen molar-refractivity contribution in [3.8, 4) is 0 Å². The maximum absolute atomic E-state index is 11.9. The lowest BCUT2D eigenvalue weighted by atomic mass is 10.2. The molecule has 0 aromatic heterocycles. The van der Waals surface area contributed by atoms with Gasteiger partial charge in [0.15, 0.2) is 0 Å². The summed E-state index contributed by atoms with van der Waals surface area (Å²) in [7, 11) is 1.71. The van der Waals surface area contributed by atoms with Crippen LogP contribution in [0, 0.1) is 0 Å². The monoisotopic (exact) mass is 316 g/mol. The SMILES string of the molecule is CN1CC(CNC(=O)c2ccc(Cl)c(Cl)c2)OCC1=O. The first kappa shape index (κ1) is 15.1. The molecule has 0 spiro atoms. The first-order valence-corrected chi connectivity index (χ1v) is 6.82. The van der Waals surface area contributed by atoms with Crippen molar-refractivity contribution in [3.63, 3.8) is 0 Å². The highest BCUT2D eigenvalue weighted by atomic mass is 35.5. The summed E-state index contributed by atoms with van der Waals surface area (Å²) in [5.74, 6) is -0.316. The average Bonchev–Trinajstić information content (AvgIpc) is 2.43.